The van der Waals surface area contributed by atoms with Crippen LogP contribution in [0.25, 0.3) is 16.2 Å². The average Bonchev–Trinajstić information content (AvgIpc) is 2.85. The Kier molecular flexibility index (Phi) is 1.76. The van der Waals surface area contributed by atoms with Gasteiger partial charge in [-0.2, -0.15) is 0 Å². The lowest BCUT2D eigenvalue weighted by molar-refractivity contribution is 0.479. The van der Waals surface area contributed by atoms with Gasteiger partial charge in [0.2, 0.25) is 0 Å². The number of thiophene rings is 1. The third-order valence-corrected chi connectivity index (χ3v) is 3.16. The van der Waals surface area contributed by atoms with E-state index in [0.717, 1.165) is 16.2 Å². The van der Waals surface area contributed by atoms with Crippen molar-refractivity contribution in [1.82, 2.24) is 9.38 Å². The van der Waals surface area contributed by atoms with Gasteiger partial charge >= 0.3 is 0 Å². The normalized spacial score (nSPS) is 10.9. The van der Waals surface area contributed by atoms with Crippen LogP contribution in [-0.2, 0) is 0 Å². The number of pyridine rings is 1. The standard InChI is InChI=1S/C11H8N2OS/c14-9-3-1-5-13-8(9)7-12-11(13)10-4-2-6-15-10/h1-7,14H. The van der Waals surface area contributed by atoms with Crippen molar-refractivity contribution in [3.63, 3.8) is 0 Å². The summed E-state index contributed by atoms with van der Waals surface area (Å²) < 4.78 is 1.89. The second-order valence-electron chi connectivity index (χ2n) is 3.21. The number of rotatable bonds is 1. The third kappa shape index (κ3) is 1.22. The van der Waals surface area contributed by atoms with Crippen LogP contribution < -0.4 is 0 Å². The highest BCUT2D eigenvalue weighted by atomic mass is 32.1. The minimum absolute atomic E-state index is 0.257. The average molecular weight is 216 g/mol. The van der Waals surface area contributed by atoms with Crippen LogP contribution in [0.1, 0.15) is 0 Å². The number of imidazole rings is 1. The predicted octanol–water partition coefficient (Wildman–Crippen LogP) is 2.77. The highest BCUT2D eigenvalue weighted by Gasteiger charge is 2.08. The molecule has 0 saturated heterocycles. The first-order chi connectivity index (χ1) is 7.36. The van der Waals surface area contributed by atoms with E-state index in [9.17, 15) is 5.11 Å². The number of fused-ring (bicyclic) bond motifs is 1. The van der Waals surface area contributed by atoms with Crippen LogP contribution in [-0.4, -0.2) is 14.5 Å². The summed E-state index contributed by atoms with van der Waals surface area (Å²) in [6.45, 7) is 0. The van der Waals surface area contributed by atoms with Crippen LogP contribution in [0, 0.1) is 0 Å². The van der Waals surface area contributed by atoms with Crippen molar-refractivity contribution < 1.29 is 5.11 Å². The Morgan fingerprint density at radius 3 is 3.00 bits per heavy atom. The van der Waals surface area contributed by atoms with Gasteiger partial charge in [0.25, 0.3) is 0 Å². The molecule has 3 heterocycles. The molecular formula is C11H8N2OS. The van der Waals surface area contributed by atoms with Crippen molar-refractivity contribution in [2.45, 2.75) is 0 Å². The van der Waals surface area contributed by atoms with Gasteiger partial charge in [0.15, 0.2) is 5.82 Å². The molecule has 3 aromatic rings. The van der Waals surface area contributed by atoms with Gasteiger partial charge in [0.1, 0.15) is 11.3 Å². The molecule has 0 radical (unpaired) electrons. The van der Waals surface area contributed by atoms with E-state index in [0.29, 0.717) is 0 Å². The summed E-state index contributed by atoms with van der Waals surface area (Å²) in [6, 6.07) is 7.48. The van der Waals surface area contributed by atoms with E-state index in [-0.39, 0.29) is 5.75 Å². The number of hydrogen-bond acceptors (Lipinski definition) is 3. The number of aromatic nitrogens is 2. The van der Waals surface area contributed by atoms with E-state index < -0.39 is 0 Å². The second-order valence-corrected chi connectivity index (χ2v) is 4.16. The molecule has 0 aliphatic carbocycles. The maximum atomic E-state index is 9.62. The number of nitrogens with zero attached hydrogens (tertiary/aromatic N) is 2. The van der Waals surface area contributed by atoms with Crippen molar-refractivity contribution >= 4 is 16.9 Å². The van der Waals surface area contributed by atoms with Crippen molar-refractivity contribution in [2.24, 2.45) is 0 Å². The highest BCUT2D eigenvalue weighted by Crippen LogP contribution is 2.27. The van der Waals surface area contributed by atoms with E-state index >= 15 is 0 Å². The van der Waals surface area contributed by atoms with E-state index in [2.05, 4.69) is 4.98 Å². The van der Waals surface area contributed by atoms with E-state index in [1.165, 1.54) is 0 Å². The molecule has 74 valence electrons. The summed E-state index contributed by atoms with van der Waals surface area (Å²) in [4.78, 5) is 5.41. The van der Waals surface area contributed by atoms with E-state index in [4.69, 9.17) is 0 Å². The van der Waals surface area contributed by atoms with Gasteiger partial charge in [-0.15, -0.1) is 11.3 Å². The van der Waals surface area contributed by atoms with Gasteiger partial charge in [-0.1, -0.05) is 6.07 Å². The van der Waals surface area contributed by atoms with Crippen molar-refractivity contribution in [2.75, 3.05) is 0 Å². The smallest absolute Gasteiger partial charge is 0.154 e. The molecule has 0 aliphatic rings. The Hall–Kier alpha value is -1.81. The van der Waals surface area contributed by atoms with Gasteiger partial charge in [-0.25, -0.2) is 4.98 Å². The molecule has 3 nitrogen and oxygen atoms in total. The molecule has 3 aromatic heterocycles. The zero-order valence-corrected chi connectivity index (χ0v) is 8.61. The van der Waals surface area contributed by atoms with Crippen LogP contribution >= 0.6 is 11.3 Å². The van der Waals surface area contributed by atoms with Gasteiger partial charge in [-0.3, -0.25) is 4.40 Å². The molecule has 15 heavy (non-hydrogen) atoms. The zero-order valence-electron chi connectivity index (χ0n) is 7.79. The first-order valence-electron chi connectivity index (χ1n) is 4.55. The largest absolute Gasteiger partial charge is 0.506 e. The summed E-state index contributed by atoms with van der Waals surface area (Å²) >= 11 is 1.64. The summed E-state index contributed by atoms with van der Waals surface area (Å²) in [5.74, 6) is 1.13. The van der Waals surface area contributed by atoms with Gasteiger partial charge in [-0.05, 0) is 23.6 Å². The molecule has 1 N–H and O–H groups in total. The fraction of sp³-hybridized carbons (Fsp3) is 0. The molecule has 0 bridgehead atoms. The summed E-state index contributed by atoms with van der Waals surface area (Å²) in [7, 11) is 0. The first kappa shape index (κ1) is 8.49. The minimum atomic E-state index is 0.257. The van der Waals surface area contributed by atoms with E-state index in [1.54, 1.807) is 29.7 Å². The first-order valence-corrected chi connectivity index (χ1v) is 5.43. The summed E-state index contributed by atoms with van der Waals surface area (Å²) in [6.07, 6.45) is 3.58. The van der Waals surface area contributed by atoms with Crippen LogP contribution in [0.15, 0.2) is 42.0 Å². The van der Waals surface area contributed by atoms with Crippen LogP contribution in [0.5, 0.6) is 5.75 Å². The van der Waals surface area contributed by atoms with Crippen molar-refractivity contribution in [1.29, 1.82) is 0 Å². The lowest BCUT2D eigenvalue weighted by atomic mass is 10.4. The molecular weight excluding hydrogens is 208 g/mol. The molecule has 4 heteroatoms. The lowest BCUT2D eigenvalue weighted by Gasteiger charge is -1.99. The maximum absolute atomic E-state index is 9.62. The zero-order chi connectivity index (χ0) is 10.3. The third-order valence-electron chi connectivity index (χ3n) is 2.29. The van der Waals surface area contributed by atoms with Gasteiger partial charge in [0, 0.05) is 6.20 Å². The number of aromatic hydroxyl groups is 1. The Bertz CT molecular complexity index is 598. The van der Waals surface area contributed by atoms with Gasteiger partial charge in [0.05, 0.1) is 11.1 Å². The topological polar surface area (TPSA) is 37.5 Å². The summed E-state index contributed by atoms with van der Waals surface area (Å²) in [5.41, 5.74) is 0.737. The molecule has 0 spiro atoms. The molecule has 0 aromatic carbocycles. The molecule has 3 rings (SSSR count). The molecule has 0 saturated carbocycles. The monoisotopic (exact) mass is 216 g/mol. The fourth-order valence-corrected chi connectivity index (χ4v) is 2.31. The van der Waals surface area contributed by atoms with E-state index in [1.807, 2.05) is 28.1 Å². The number of hydrogen-bond donors (Lipinski definition) is 1. The van der Waals surface area contributed by atoms with Crippen LogP contribution in [0.2, 0.25) is 0 Å². The Balaban J connectivity index is 2.34. The lowest BCUT2D eigenvalue weighted by Crippen LogP contribution is -1.86. The molecule has 0 fully saturated rings. The van der Waals surface area contributed by atoms with Crippen LogP contribution in [0.3, 0.4) is 0 Å². The Morgan fingerprint density at radius 1 is 1.27 bits per heavy atom. The van der Waals surface area contributed by atoms with Crippen molar-refractivity contribution in [3.8, 4) is 16.5 Å². The van der Waals surface area contributed by atoms with Crippen LogP contribution in [0.4, 0.5) is 0 Å². The van der Waals surface area contributed by atoms with Crippen molar-refractivity contribution in [3.05, 3.63) is 42.0 Å². The Morgan fingerprint density at radius 2 is 2.20 bits per heavy atom. The highest BCUT2D eigenvalue weighted by molar-refractivity contribution is 7.13. The van der Waals surface area contributed by atoms with Gasteiger partial charge < -0.3 is 5.11 Å². The Labute approximate surface area is 90.3 Å². The SMILES string of the molecule is Oc1cccn2c(-c3cccs3)ncc12. The quantitative estimate of drug-likeness (QED) is 0.679. The maximum Gasteiger partial charge on any atom is 0.154 e. The second kappa shape index (κ2) is 3.10. The molecule has 0 aliphatic heterocycles. The summed E-state index contributed by atoms with van der Waals surface area (Å²) in [5, 5.41) is 11.6. The molecule has 0 unspecified atom stereocenters. The fourth-order valence-electron chi connectivity index (χ4n) is 1.59. The molecule has 0 atom stereocenters. The predicted molar refractivity (Wildman–Crippen MR) is 60.2 cm³/mol. The minimum Gasteiger partial charge on any atom is -0.506 e. The molecule has 0 amide bonds.